The summed E-state index contributed by atoms with van der Waals surface area (Å²) in [5, 5.41) is 10.6. The van der Waals surface area contributed by atoms with E-state index in [2.05, 4.69) is 16.3 Å². The summed E-state index contributed by atoms with van der Waals surface area (Å²) in [5.41, 5.74) is 2.06. The molecular formula is C9H10N4O3. The zero-order valence-electron chi connectivity index (χ0n) is 8.34. The van der Waals surface area contributed by atoms with E-state index >= 15 is 0 Å². The van der Waals surface area contributed by atoms with E-state index in [1.165, 1.54) is 12.1 Å². The number of hydrogen-bond donors (Lipinski definition) is 2. The molecule has 1 aromatic heterocycles. The average Bonchev–Trinajstić information content (AvgIpc) is 2.29. The third-order valence-electron chi connectivity index (χ3n) is 1.64. The number of hydrazine groups is 1. The van der Waals surface area contributed by atoms with Crippen LogP contribution in [0.3, 0.4) is 0 Å². The number of ether oxygens (including phenoxy) is 1. The fourth-order valence-electron chi connectivity index (χ4n) is 0.959. The Morgan fingerprint density at radius 2 is 2.44 bits per heavy atom. The van der Waals surface area contributed by atoms with Gasteiger partial charge in [0.25, 0.3) is 5.69 Å². The Bertz CT molecular complexity index is 427. The van der Waals surface area contributed by atoms with Crippen LogP contribution in [0.2, 0.25) is 0 Å². The molecule has 1 rings (SSSR count). The van der Waals surface area contributed by atoms with E-state index in [1.54, 1.807) is 0 Å². The molecule has 0 aliphatic rings. The van der Waals surface area contributed by atoms with Crippen molar-refractivity contribution in [2.24, 2.45) is 5.84 Å². The van der Waals surface area contributed by atoms with E-state index < -0.39 is 4.92 Å². The monoisotopic (exact) mass is 222 g/mol. The van der Waals surface area contributed by atoms with E-state index in [4.69, 9.17) is 17.0 Å². The van der Waals surface area contributed by atoms with Crippen molar-refractivity contribution in [2.75, 3.05) is 12.0 Å². The molecule has 3 N–H and O–H groups in total. The van der Waals surface area contributed by atoms with E-state index in [9.17, 15) is 10.1 Å². The van der Waals surface area contributed by atoms with Crippen LogP contribution in [0, 0.1) is 22.5 Å². The fourth-order valence-corrected chi connectivity index (χ4v) is 0.959. The molecule has 16 heavy (non-hydrogen) atoms. The van der Waals surface area contributed by atoms with Crippen LogP contribution in [-0.2, 0) is 0 Å². The molecule has 0 aliphatic heterocycles. The molecule has 0 radical (unpaired) electrons. The first-order chi connectivity index (χ1) is 7.67. The summed E-state index contributed by atoms with van der Waals surface area (Å²) in [6.45, 7) is 0.245. The molecule has 0 atom stereocenters. The Kier molecular flexibility index (Phi) is 4.06. The SMILES string of the molecule is C#CCCOc1cc([N+](=O)[O-])cc(NN)n1. The van der Waals surface area contributed by atoms with Gasteiger partial charge in [0.15, 0.2) is 5.82 Å². The average molecular weight is 222 g/mol. The first kappa shape index (κ1) is 11.7. The quantitative estimate of drug-likeness (QED) is 0.249. The van der Waals surface area contributed by atoms with E-state index in [-0.39, 0.29) is 24.0 Å². The number of pyridine rings is 1. The maximum Gasteiger partial charge on any atom is 0.278 e. The van der Waals surface area contributed by atoms with Gasteiger partial charge in [0, 0.05) is 6.42 Å². The highest BCUT2D eigenvalue weighted by Gasteiger charge is 2.11. The number of nitrogens with zero attached hydrogens (tertiary/aromatic N) is 2. The predicted octanol–water partition coefficient (Wildman–Crippen LogP) is 0.677. The third kappa shape index (κ3) is 3.11. The number of nitro groups is 1. The third-order valence-corrected chi connectivity index (χ3v) is 1.64. The molecule has 7 nitrogen and oxygen atoms in total. The Morgan fingerprint density at radius 1 is 1.69 bits per heavy atom. The highest BCUT2D eigenvalue weighted by atomic mass is 16.6. The lowest BCUT2D eigenvalue weighted by molar-refractivity contribution is -0.384. The van der Waals surface area contributed by atoms with Gasteiger partial charge in [0.05, 0.1) is 17.1 Å². The number of aromatic nitrogens is 1. The zero-order chi connectivity index (χ0) is 12.0. The van der Waals surface area contributed by atoms with Crippen LogP contribution in [-0.4, -0.2) is 16.5 Å². The van der Waals surface area contributed by atoms with Crippen molar-refractivity contribution in [3.63, 3.8) is 0 Å². The number of nitrogens with two attached hydrogens (primary N) is 1. The van der Waals surface area contributed by atoms with Gasteiger partial charge in [-0.2, -0.15) is 4.98 Å². The van der Waals surface area contributed by atoms with Gasteiger partial charge >= 0.3 is 0 Å². The molecule has 0 saturated carbocycles. The lowest BCUT2D eigenvalue weighted by atomic mass is 10.4. The molecule has 0 unspecified atom stereocenters. The van der Waals surface area contributed by atoms with Crippen molar-refractivity contribution in [1.82, 2.24) is 4.98 Å². The Hall–Kier alpha value is -2.33. The van der Waals surface area contributed by atoms with Crippen LogP contribution in [0.4, 0.5) is 11.5 Å². The van der Waals surface area contributed by atoms with Gasteiger partial charge in [-0.1, -0.05) is 0 Å². The van der Waals surface area contributed by atoms with Gasteiger partial charge in [-0.25, -0.2) is 5.84 Å². The van der Waals surface area contributed by atoms with Gasteiger partial charge < -0.3 is 10.2 Å². The highest BCUT2D eigenvalue weighted by molar-refractivity contribution is 5.47. The van der Waals surface area contributed by atoms with Crippen molar-refractivity contribution in [3.05, 3.63) is 22.2 Å². The van der Waals surface area contributed by atoms with Crippen molar-refractivity contribution < 1.29 is 9.66 Å². The normalized spacial score (nSPS) is 9.25. The van der Waals surface area contributed by atoms with E-state index in [0.29, 0.717) is 6.42 Å². The summed E-state index contributed by atoms with van der Waals surface area (Å²) in [4.78, 5) is 13.9. The topological polar surface area (TPSA) is 103 Å². The molecular weight excluding hydrogens is 212 g/mol. The number of nitrogens with one attached hydrogen (secondary N) is 1. The summed E-state index contributed by atoms with van der Waals surface area (Å²) >= 11 is 0. The van der Waals surface area contributed by atoms with Gasteiger partial charge in [-0.05, 0) is 0 Å². The first-order valence-electron chi connectivity index (χ1n) is 4.36. The summed E-state index contributed by atoms with van der Waals surface area (Å²) in [6, 6.07) is 2.41. The molecule has 0 amide bonds. The lowest BCUT2D eigenvalue weighted by Gasteiger charge is -2.05. The fraction of sp³-hybridized carbons (Fsp3) is 0.222. The van der Waals surface area contributed by atoms with Gasteiger partial charge in [-0.3, -0.25) is 10.1 Å². The lowest BCUT2D eigenvalue weighted by Crippen LogP contribution is -2.10. The number of terminal acetylenes is 1. The minimum atomic E-state index is -0.559. The van der Waals surface area contributed by atoms with Crippen molar-refractivity contribution in [3.8, 4) is 18.2 Å². The number of hydrogen-bond acceptors (Lipinski definition) is 6. The number of nitrogen functional groups attached to an aromatic ring is 1. The van der Waals surface area contributed by atoms with Crippen molar-refractivity contribution in [1.29, 1.82) is 0 Å². The number of rotatable bonds is 5. The molecule has 1 heterocycles. The molecule has 0 bridgehead atoms. The second kappa shape index (κ2) is 5.53. The largest absolute Gasteiger partial charge is 0.476 e. The maximum absolute atomic E-state index is 10.6. The zero-order valence-corrected chi connectivity index (χ0v) is 8.34. The van der Waals surface area contributed by atoms with Crippen LogP contribution in [0.25, 0.3) is 0 Å². The Labute approximate surface area is 91.7 Å². The van der Waals surface area contributed by atoms with Crippen molar-refractivity contribution >= 4 is 11.5 Å². The predicted molar refractivity (Wildman–Crippen MR) is 57.6 cm³/mol. The summed E-state index contributed by atoms with van der Waals surface area (Å²) in [7, 11) is 0. The summed E-state index contributed by atoms with van der Waals surface area (Å²) in [5.74, 6) is 7.76. The molecule has 0 spiro atoms. The minimum absolute atomic E-state index is 0.109. The molecule has 1 aromatic rings. The van der Waals surface area contributed by atoms with E-state index in [0.717, 1.165) is 0 Å². The van der Waals surface area contributed by atoms with Gasteiger partial charge in [-0.15, -0.1) is 12.3 Å². The smallest absolute Gasteiger partial charge is 0.278 e. The minimum Gasteiger partial charge on any atom is -0.476 e. The summed E-state index contributed by atoms with van der Waals surface area (Å²) < 4.78 is 5.13. The Morgan fingerprint density at radius 3 is 3.00 bits per heavy atom. The Balaban J connectivity index is 2.87. The van der Waals surface area contributed by atoms with E-state index in [1.807, 2.05) is 0 Å². The first-order valence-corrected chi connectivity index (χ1v) is 4.36. The number of anilines is 1. The second-order valence-electron chi connectivity index (χ2n) is 2.75. The molecule has 84 valence electrons. The maximum atomic E-state index is 10.6. The molecule has 7 heteroatoms. The molecule has 0 aliphatic carbocycles. The molecule has 0 fully saturated rings. The highest BCUT2D eigenvalue weighted by Crippen LogP contribution is 2.21. The summed E-state index contributed by atoms with van der Waals surface area (Å²) in [6.07, 6.45) is 5.43. The van der Waals surface area contributed by atoms with Crippen LogP contribution in [0.1, 0.15) is 6.42 Å². The van der Waals surface area contributed by atoms with Crippen LogP contribution in [0.5, 0.6) is 5.88 Å². The van der Waals surface area contributed by atoms with Crippen LogP contribution in [0.15, 0.2) is 12.1 Å². The standard InChI is InChI=1S/C9H10N4O3/c1-2-3-4-16-9-6-7(13(14)15)5-8(11-9)12-10/h1,5-6H,3-4,10H2,(H,11,12). The molecule has 0 aromatic carbocycles. The van der Waals surface area contributed by atoms with Crippen molar-refractivity contribution in [2.45, 2.75) is 6.42 Å². The molecule has 0 saturated heterocycles. The second-order valence-corrected chi connectivity index (χ2v) is 2.75. The van der Waals surface area contributed by atoms with Gasteiger partial charge in [0.2, 0.25) is 5.88 Å². The van der Waals surface area contributed by atoms with Crippen LogP contribution < -0.4 is 16.0 Å². The van der Waals surface area contributed by atoms with Gasteiger partial charge in [0.1, 0.15) is 6.61 Å². The van der Waals surface area contributed by atoms with Crippen LogP contribution >= 0.6 is 0 Å².